The molecule has 1 aliphatic rings. The highest BCUT2D eigenvalue weighted by atomic mass is 35.5. The first-order valence-corrected chi connectivity index (χ1v) is 11.1. The second-order valence-corrected chi connectivity index (χ2v) is 8.84. The number of aliphatic hydroxyl groups is 1. The van der Waals surface area contributed by atoms with Crippen molar-refractivity contribution in [3.8, 4) is 11.8 Å². The maximum Gasteiger partial charge on any atom is 0.432 e. The molecule has 2 heterocycles. The monoisotopic (exact) mass is 504 g/mol. The molecule has 178 valence electrons. The Morgan fingerprint density at radius 2 is 2.12 bits per heavy atom. The molecule has 3 N–H and O–H groups in total. The Morgan fingerprint density at radius 1 is 1.42 bits per heavy atom. The second kappa shape index (κ2) is 10.6. The molecule has 1 fully saturated rings. The average molecular weight is 505 g/mol. The second-order valence-electron chi connectivity index (χ2n) is 7.45. The number of aromatic nitrogens is 1. The summed E-state index contributed by atoms with van der Waals surface area (Å²) in [5, 5.41) is 21.7. The molecule has 1 aliphatic heterocycles. The van der Waals surface area contributed by atoms with Crippen LogP contribution in [0.4, 0.5) is 13.2 Å². The SMILES string of the molecule is N#Cc1ccc(OC2CCN(C[C@H](O)CNC(=O)c3sc(=O)[nH]c3C(F)(F)F)CC2)cc1Cl. The lowest BCUT2D eigenvalue weighted by Crippen LogP contribution is -2.45. The molecule has 1 aromatic carbocycles. The molecule has 0 aliphatic carbocycles. The van der Waals surface area contributed by atoms with Crippen LogP contribution in [0.3, 0.4) is 0 Å². The molecule has 0 bridgehead atoms. The molecule has 33 heavy (non-hydrogen) atoms. The van der Waals surface area contributed by atoms with E-state index in [0.29, 0.717) is 42.3 Å². The summed E-state index contributed by atoms with van der Waals surface area (Å²) in [6, 6.07) is 6.83. The Labute approximate surface area is 195 Å². The molecule has 1 aromatic heterocycles. The first-order valence-electron chi connectivity index (χ1n) is 9.92. The maximum absolute atomic E-state index is 12.9. The van der Waals surface area contributed by atoms with E-state index in [9.17, 15) is 27.9 Å². The number of H-pyrrole nitrogens is 1. The molecule has 0 spiro atoms. The number of nitrogens with zero attached hydrogens (tertiary/aromatic N) is 2. The summed E-state index contributed by atoms with van der Waals surface area (Å²) in [5.41, 5.74) is -1.03. The summed E-state index contributed by atoms with van der Waals surface area (Å²) in [7, 11) is 0. The van der Waals surface area contributed by atoms with Gasteiger partial charge in [0, 0.05) is 32.2 Å². The smallest absolute Gasteiger partial charge is 0.432 e. The fourth-order valence-corrected chi connectivity index (χ4v) is 4.39. The number of nitriles is 1. The van der Waals surface area contributed by atoms with Gasteiger partial charge in [-0.1, -0.05) is 22.9 Å². The van der Waals surface area contributed by atoms with Gasteiger partial charge in [0.1, 0.15) is 28.5 Å². The van der Waals surface area contributed by atoms with Gasteiger partial charge in [-0.3, -0.25) is 9.59 Å². The van der Waals surface area contributed by atoms with E-state index in [2.05, 4.69) is 5.32 Å². The molecule has 3 rings (SSSR count). The first-order chi connectivity index (χ1) is 15.6. The topological polar surface area (TPSA) is 118 Å². The number of aliphatic hydroxyl groups excluding tert-OH is 1. The number of β-amino-alcohol motifs (C(OH)–C–C–N with tert-alkyl or cyclic N) is 1. The van der Waals surface area contributed by atoms with Crippen LogP contribution in [-0.2, 0) is 6.18 Å². The van der Waals surface area contributed by atoms with Gasteiger partial charge in [-0.25, -0.2) is 0 Å². The number of piperidine rings is 1. The van der Waals surface area contributed by atoms with Gasteiger partial charge in [0.15, 0.2) is 0 Å². The van der Waals surface area contributed by atoms with Crippen LogP contribution < -0.4 is 14.9 Å². The van der Waals surface area contributed by atoms with E-state index in [0.717, 1.165) is 0 Å². The predicted molar refractivity (Wildman–Crippen MR) is 115 cm³/mol. The van der Waals surface area contributed by atoms with Crippen LogP contribution in [-0.4, -0.2) is 59.3 Å². The number of nitrogens with one attached hydrogen (secondary N) is 2. The fraction of sp³-hybridized carbons (Fsp3) is 0.450. The third-order valence-corrected chi connectivity index (χ3v) is 6.20. The summed E-state index contributed by atoms with van der Waals surface area (Å²) in [4.78, 5) is 25.2. The van der Waals surface area contributed by atoms with Gasteiger partial charge in [0.2, 0.25) is 0 Å². The minimum absolute atomic E-state index is 0.0701. The number of benzene rings is 1. The zero-order valence-corrected chi connectivity index (χ0v) is 18.7. The Morgan fingerprint density at radius 3 is 2.73 bits per heavy atom. The van der Waals surface area contributed by atoms with E-state index >= 15 is 0 Å². The van der Waals surface area contributed by atoms with Gasteiger partial charge in [-0.15, -0.1) is 0 Å². The Hall–Kier alpha value is -2.59. The van der Waals surface area contributed by atoms with E-state index in [1.807, 2.05) is 11.0 Å². The first kappa shape index (κ1) is 25.0. The van der Waals surface area contributed by atoms with Gasteiger partial charge in [0.25, 0.3) is 5.91 Å². The minimum Gasteiger partial charge on any atom is -0.490 e. The zero-order chi connectivity index (χ0) is 24.2. The normalized spacial score (nSPS) is 16.2. The molecule has 1 amide bonds. The Balaban J connectivity index is 1.44. The highest BCUT2D eigenvalue weighted by Gasteiger charge is 2.38. The number of aromatic amines is 1. The number of carbonyl (C=O) groups excluding carboxylic acids is 1. The Kier molecular flexibility index (Phi) is 8.01. The Bertz CT molecular complexity index is 1090. The fourth-order valence-electron chi connectivity index (χ4n) is 3.40. The number of rotatable bonds is 7. The van der Waals surface area contributed by atoms with Crippen molar-refractivity contribution >= 4 is 28.8 Å². The summed E-state index contributed by atoms with van der Waals surface area (Å²) >= 11 is 6.18. The van der Waals surface area contributed by atoms with Gasteiger partial charge in [0.05, 0.1) is 16.7 Å². The lowest BCUT2D eigenvalue weighted by Gasteiger charge is -2.33. The van der Waals surface area contributed by atoms with Crippen LogP contribution in [0.1, 0.15) is 33.8 Å². The molecule has 2 aromatic rings. The van der Waals surface area contributed by atoms with Crippen LogP contribution in [0.5, 0.6) is 5.75 Å². The van der Waals surface area contributed by atoms with Crippen molar-refractivity contribution in [3.63, 3.8) is 0 Å². The van der Waals surface area contributed by atoms with Crippen LogP contribution in [0, 0.1) is 11.3 Å². The molecular weight excluding hydrogens is 485 g/mol. The number of amides is 1. The van der Waals surface area contributed by atoms with Gasteiger partial charge in [-0.2, -0.15) is 18.4 Å². The van der Waals surface area contributed by atoms with Crippen molar-refractivity contribution in [3.05, 3.63) is 49.0 Å². The van der Waals surface area contributed by atoms with Crippen molar-refractivity contribution in [2.24, 2.45) is 0 Å². The highest BCUT2D eigenvalue weighted by molar-refractivity contribution is 7.11. The summed E-state index contributed by atoms with van der Waals surface area (Å²) in [5.74, 6) is -0.511. The number of ether oxygens (including phenoxy) is 1. The standard InChI is InChI=1S/C20H20ClF3N4O4S/c21-15-7-14(2-1-11(15)8-25)32-13-3-5-28(6-4-13)10-12(29)9-26-18(30)16-17(20(22,23)24)27-19(31)33-16/h1-2,7,12-13,29H,3-6,9-10H2,(H,26,30)(H,27,31)/t12-/m1/s1. The summed E-state index contributed by atoms with van der Waals surface area (Å²) in [6.07, 6.45) is -4.60. The van der Waals surface area contributed by atoms with Crippen LogP contribution in [0.15, 0.2) is 23.0 Å². The number of alkyl halides is 3. The van der Waals surface area contributed by atoms with E-state index in [4.69, 9.17) is 21.6 Å². The number of carbonyl (C=O) groups is 1. The van der Waals surface area contributed by atoms with Crippen LogP contribution in [0.25, 0.3) is 0 Å². The van der Waals surface area contributed by atoms with Gasteiger partial charge in [-0.05, 0) is 25.0 Å². The molecule has 13 heteroatoms. The molecule has 0 unspecified atom stereocenters. The quantitative estimate of drug-likeness (QED) is 0.533. The van der Waals surface area contributed by atoms with Crippen molar-refractivity contribution in [2.75, 3.05) is 26.2 Å². The zero-order valence-electron chi connectivity index (χ0n) is 17.1. The van der Waals surface area contributed by atoms with Crippen molar-refractivity contribution in [2.45, 2.75) is 31.2 Å². The largest absolute Gasteiger partial charge is 0.490 e. The maximum atomic E-state index is 12.9. The molecular formula is C20H20ClF3N4O4S. The van der Waals surface area contributed by atoms with E-state index in [1.165, 1.54) is 0 Å². The molecule has 8 nitrogen and oxygen atoms in total. The lowest BCUT2D eigenvalue weighted by atomic mass is 10.1. The molecule has 0 radical (unpaired) electrons. The number of hydrogen-bond donors (Lipinski definition) is 3. The van der Waals surface area contributed by atoms with Crippen molar-refractivity contribution < 1.29 is 27.8 Å². The van der Waals surface area contributed by atoms with Gasteiger partial charge < -0.3 is 25.0 Å². The van der Waals surface area contributed by atoms with E-state index in [1.54, 1.807) is 23.2 Å². The summed E-state index contributed by atoms with van der Waals surface area (Å²) < 4.78 is 44.7. The number of thiazole rings is 1. The number of hydrogen-bond acceptors (Lipinski definition) is 7. The average Bonchev–Trinajstić information content (AvgIpc) is 3.16. The molecule has 1 saturated heterocycles. The van der Waals surface area contributed by atoms with Gasteiger partial charge >= 0.3 is 11.0 Å². The molecule has 1 atom stereocenters. The highest BCUT2D eigenvalue weighted by Crippen LogP contribution is 2.31. The molecule has 0 saturated carbocycles. The third kappa shape index (κ3) is 6.70. The van der Waals surface area contributed by atoms with Crippen LogP contribution in [0.2, 0.25) is 5.02 Å². The predicted octanol–water partition coefficient (Wildman–Crippen LogP) is 2.61. The van der Waals surface area contributed by atoms with Crippen molar-refractivity contribution in [1.29, 1.82) is 5.26 Å². The lowest BCUT2D eigenvalue weighted by molar-refractivity contribution is -0.141. The van der Waals surface area contributed by atoms with E-state index < -0.39 is 33.6 Å². The number of likely N-dealkylation sites (tertiary alicyclic amines) is 1. The van der Waals surface area contributed by atoms with E-state index in [-0.39, 0.29) is 30.5 Å². The third-order valence-electron chi connectivity index (χ3n) is 5.00. The number of halogens is 4. The summed E-state index contributed by atoms with van der Waals surface area (Å²) in [6.45, 7) is 1.17. The minimum atomic E-state index is -4.86. The van der Waals surface area contributed by atoms with Crippen LogP contribution >= 0.6 is 22.9 Å². The van der Waals surface area contributed by atoms with Crippen molar-refractivity contribution in [1.82, 2.24) is 15.2 Å².